The minimum absolute atomic E-state index is 0.0189. The lowest BCUT2D eigenvalue weighted by Gasteiger charge is -2.18. The van der Waals surface area contributed by atoms with Crippen LogP contribution in [-0.2, 0) is 11.5 Å². The maximum Gasteiger partial charge on any atom is 0.271 e. The third-order valence-electron chi connectivity index (χ3n) is 10.1. The van der Waals surface area contributed by atoms with E-state index in [4.69, 9.17) is 9.98 Å². The molecule has 0 aliphatic heterocycles. The summed E-state index contributed by atoms with van der Waals surface area (Å²) in [5.74, 6) is 1.44. The van der Waals surface area contributed by atoms with Crippen LogP contribution in [0.3, 0.4) is 0 Å². The van der Waals surface area contributed by atoms with E-state index < -0.39 is 9.85 Å². The van der Waals surface area contributed by atoms with Crippen molar-refractivity contribution >= 4 is 81.5 Å². The molecule has 0 amide bonds. The van der Waals surface area contributed by atoms with Gasteiger partial charge in [0.2, 0.25) is 0 Å². The van der Waals surface area contributed by atoms with Gasteiger partial charge in [0.05, 0.1) is 44.0 Å². The molecule has 7 aromatic carbocycles. The van der Waals surface area contributed by atoms with Crippen LogP contribution >= 0.6 is 23.5 Å². The number of aryl methyl sites for hydroxylation is 2. The molecule has 2 N–H and O–H groups in total. The molecule has 0 unspecified atom stereocenters. The van der Waals surface area contributed by atoms with E-state index in [0.29, 0.717) is 45.4 Å². The number of nitro groups is 2. The van der Waals surface area contributed by atoms with E-state index >= 15 is 0 Å². The monoisotopic (exact) mass is 900 g/mol. The Hall–Kier alpha value is -7.82. The van der Waals surface area contributed by atoms with Crippen molar-refractivity contribution in [3.05, 3.63) is 199 Å². The topological polar surface area (TPSA) is 201 Å². The van der Waals surface area contributed by atoms with Crippen LogP contribution in [0.5, 0.6) is 11.5 Å². The number of azo groups is 2. The van der Waals surface area contributed by atoms with Gasteiger partial charge in [0.1, 0.15) is 11.5 Å². The molecule has 0 aromatic heterocycles. The van der Waals surface area contributed by atoms with Crippen LogP contribution in [0.2, 0.25) is 0 Å². The number of nitro benzene ring substituents is 2. The molecule has 0 saturated carbocycles. The number of aromatic hydroxyl groups is 2. The van der Waals surface area contributed by atoms with Gasteiger partial charge in [-0.05, 0) is 121 Å². The first kappa shape index (κ1) is 45.2. The molecule has 0 bridgehead atoms. The van der Waals surface area contributed by atoms with Crippen LogP contribution in [0.15, 0.2) is 180 Å². The summed E-state index contributed by atoms with van der Waals surface area (Å²) in [7, 11) is 0. The Balaban J connectivity index is 1.03. The molecule has 16 heteroatoms. The van der Waals surface area contributed by atoms with E-state index in [0.717, 1.165) is 21.2 Å². The molecule has 0 atom stereocenters. The molecule has 324 valence electrons. The second-order valence-corrected chi connectivity index (χ2v) is 16.6. The van der Waals surface area contributed by atoms with E-state index in [1.165, 1.54) is 64.2 Å². The summed E-state index contributed by atoms with van der Waals surface area (Å²) in [5, 5.41) is 60.3. The highest BCUT2D eigenvalue weighted by Gasteiger charge is 2.15. The molecule has 0 saturated heterocycles. The van der Waals surface area contributed by atoms with Gasteiger partial charge in [0, 0.05) is 69.1 Å². The van der Waals surface area contributed by atoms with E-state index in [1.54, 1.807) is 84.5 Å². The number of aliphatic imine (C=N–C) groups is 2. The van der Waals surface area contributed by atoms with Crippen LogP contribution in [0.4, 0.5) is 45.5 Å². The van der Waals surface area contributed by atoms with E-state index in [2.05, 4.69) is 47.3 Å². The summed E-state index contributed by atoms with van der Waals surface area (Å²) in [6, 6.07) is 39.1. The molecule has 0 aliphatic carbocycles. The summed E-state index contributed by atoms with van der Waals surface area (Å²) in [4.78, 5) is 32.7. The fraction of sp³-hybridized carbons (Fsp3) is 0.102. The fourth-order valence-corrected chi connectivity index (χ4v) is 9.03. The fourth-order valence-electron chi connectivity index (χ4n) is 6.65. The van der Waals surface area contributed by atoms with Crippen molar-refractivity contribution in [3.8, 4) is 11.5 Å². The van der Waals surface area contributed by atoms with Gasteiger partial charge in [-0.25, -0.2) is 0 Å². The smallest absolute Gasteiger partial charge is 0.271 e. The van der Waals surface area contributed by atoms with Gasteiger partial charge in [-0.2, -0.15) is 20.5 Å². The number of hydrogen-bond acceptors (Lipinski definition) is 14. The summed E-state index contributed by atoms with van der Waals surface area (Å²) in [5.41, 5.74) is 9.80. The summed E-state index contributed by atoms with van der Waals surface area (Å²) < 4.78 is 0. The molecule has 65 heavy (non-hydrogen) atoms. The molecule has 0 heterocycles. The largest absolute Gasteiger partial charge is 0.507 e. The van der Waals surface area contributed by atoms with Gasteiger partial charge in [-0.3, -0.25) is 30.2 Å². The molecule has 0 fully saturated rings. The second kappa shape index (κ2) is 21.0. The number of non-ortho nitro benzene ring substituents is 2. The number of nitrogens with zero attached hydrogens (tertiary/aromatic N) is 8. The normalized spacial score (nSPS) is 11.7. The minimum atomic E-state index is -0.491. The zero-order chi connectivity index (χ0) is 45.9. The zero-order valence-corrected chi connectivity index (χ0v) is 36.9. The van der Waals surface area contributed by atoms with E-state index in [9.17, 15) is 30.4 Å². The average molecular weight is 901 g/mol. The Morgan fingerprint density at radius 3 is 1.32 bits per heavy atom. The Labute approximate surface area is 382 Å². The molecular weight excluding hydrogens is 861 g/mol. The number of hydrogen-bond donors (Lipinski definition) is 2. The van der Waals surface area contributed by atoms with Crippen molar-refractivity contribution in [2.24, 2.45) is 30.4 Å². The van der Waals surface area contributed by atoms with Crippen LogP contribution in [-0.4, -0.2) is 32.5 Å². The van der Waals surface area contributed by atoms with Gasteiger partial charge in [-0.1, -0.05) is 42.5 Å². The number of para-hydroxylation sites is 2. The second-order valence-electron chi connectivity index (χ2n) is 14.6. The standard InChI is InChI=1S/C49H40N8O6S2/c1-31-22-32(2)43(30-65-49-17-7-5-15-45(49)51-28-35-24-39(19-21-47(35)59)55-53-37-11-9-13-41(26-37)57(62)63)33(3)42(31)29-64-48-16-6-4-14-44(48)50-27-34-23-38(18-20-46(34)58)54-52-36-10-8-12-40(25-36)56(60)61/h4-28,58-59H,29-30H2,1-3H3. The first-order valence-corrected chi connectivity index (χ1v) is 22.0. The maximum absolute atomic E-state index is 11.1. The lowest BCUT2D eigenvalue weighted by molar-refractivity contribution is -0.385. The summed E-state index contributed by atoms with van der Waals surface area (Å²) in [6.45, 7) is 6.43. The van der Waals surface area contributed by atoms with E-state index in [-0.39, 0.29) is 22.9 Å². The van der Waals surface area contributed by atoms with E-state index in [1.807, 2.05) is 48.5 Å². The highest BCUT2D eigenvalue weighted by molar-refractivity contribution is 7.99. The molecular formula is C49H40N8O6S2. The van der Waals surface area contributed by atoms with Crippen molar-refractivity contribution in [2.75, 3.05) is 0 Å². The van der Waals surface area contributed by atoms with Gasteiger partial charge in [0.15, 0.2) is 0 Å². The Bertz CT molecular complexity index is 2850. The van der Waals surface area contributed by atoms with Gasteiger partial charge in [0.25, 0.3) is 11.4 Å². The molecule has 0 radical (unpaired) electrons. The van der Waals surface area contributed by atoms with Gasteiger partial charge < -0.3 is 10.2 Å². The minimum Gasteiger partial charge on any atom is -0.507 e. The Morgan fingerprint density at radius 1 is 0.508 bits per heavy atom. The quantitative estimate of drug-likeness (QED) is 0.0313. The SMILES string of the molecule is Cc1cc(C)c(CSc2ccccc2N=Cc2cc(N=Nc3cccc([N+](=O)[O-])c3)ccc2O)c(C)c1CSc1ccccc1N=Cc1cc(N=Nc2cccc([N+](=O)[O-])c2)ccc1O. The molecule has 0 aliphatic rings. The molecule has 7 rings (SSSR count). The number of rotatable bonds is 16. The van der Waals surface area contributed by atoms with Gasteiger partial charge in [-0.15, -0.1) is 23.5 Å². The highest BCUT2D eigenvalue weighted by Crippen LogP contribution is 2.38. The number of phenolic OH excluding ortho intramolecular Hbond substituents is 2. The third-order valence-corrected chi connectivity index (χ3v) is 12.3. The zero-order valence-electron chi connectivity index (χ0n) is 35.3. The predicted octanol–water partition coefficient (Wildman–Crippen LogP) is 14.8. The lowest BCUT2D eigenvalue weighted by atomic mass is 9.95. The van der Waals surface area contributed by atoms with Crippen molar-refractivity contribution < 1.29 is 20.1 Å². The van der Waals surface area contributed by atoms with Crippen molar-refractivity contribution in [2.45, 2.75) is 42.1 Å². The van der Waals surface area contributed by atoms with Crippen molar-refractivity contribution in [1.29, 1.82) is 0 Å². The predicted molar refractivity (Wildman–Crippen MR) is 258 cm³/mol. The Kier molecular flexibility index (Phi) is 14.6. The maximum atomic E-state index is 11.1. The molecule has 14 nitrogen and oxygen atoms in total. The molecule has 7 aromatic rings. The summed E-state index contributed by atoms with van der Waals surface area (Å²) in [6.07, 6.45) is 3.16. The van der Waals surface area contributed by atoms with Crippen LogP contribution in [0, 0.1) is 41.0 Å². The lowest BCUT2D eigenvalue weighted by Crippen LogP contribution is -2.00. The molecule has 0 spiro atoms. The number of benzene rings is 7. The average Bonchev–Trinajstić information content (AvgIpc) is 3.30. The number of phenols is 2. The first-order valence-electron chi connectivity index (χ1n) is 20.0. The van der Waals surface area contributed by atoms with Crippen LogP contribution < -0.4 is 0 Å². The van der Waals surface area contributed by atoms with Crippen molar-refractivity contribution in [3.63, 3.8) is 0 Å². The van der Waals surface area contributed by atoms with Crippen LogP contribution in [0.25, 0.3) is 0 Å². The first-order chi connectivity index (χ1) is 31.4. The highest BCUT2D eigenvalue weighted by atomic mass is 32.2. The van der Waals surface area contributed by atoms with Crippen LogP contribution in [0.1, 0.15) is 38.9 Å². The summed E-state index contributed by atoms with van der Waals surface area (Å²) >= 11 is 3.36. The van der Waals surface area contributed by atoms with Crippen molar-refractivity contribution in [1.82, 2.24) is 0 Å². The van der Waals surface area contributed by atoms with Gasteiger partial charge >= 0.3 is 0 Å². The third kappa shape index (κ3) is 11.8. The Morgan fingerprint density at radius 2 is 0.908 bits per heavy atom. The number of thioether (sulfide) groups is 2.